The molecule has 0 amide bonds. The number of benzene rings is 2. The molecule has 0 aliphatic heterocycles. The number of aromatic nitrogens is 2. The molecule has 3 aromatic heterocycles. The van der Waals surface area contributed by atoms with Crippen LogP contribution in [0, 0.1) is 0 Å². The molecule has 5 nitrogen and oxygen atoms in total. The fourth-order valence-electron chi connectivity index (χ4n) is 4.03. The summed E-state index contributed by atoms with van der Waals surface area (Å²) in [5.41, 5.74) is 4.87. The fourth-order valence-corrected chi connectivity index (χ4v) is 4.81. The number of aromatic amines is 1. The van der Waals surface area contributed by atoms with Crippen LogP contribution < -0.4 is 15.0 Å². The van der Waals surface area contributed by atoms with Gasteiger partial charge >= 0.3 is 0 Å². The Labute approximate surface area is 201 Å². The van der Waals surface area contributed by atoms with E-state index in [0.29, 0.717) is 22.6 Å². The maximum Gasteiger partial charge on any atom is 0.257 e. The average molecular weight is 467 g/mol. The molecule has 6 heteroatoms. The first kappa shape index (κ1) is 21.7. The molecule has 2 aromatic carbocycles. The Morgan fingerprint density at radius 2 is 1.74 bits per heavy atom. The van der Waals surface area contributed by atoms with Gasteiger partial charge in [0.2, 0.25) is 0 Å². The van der Waals surface area contributed by atoms with Crippen LogP contribution >= 0.6 is 11.3 Å². The molecule has 5 aromatic rings. The number of thiophene rings is 1. The van der Waals surface area contributed by atoms with Gasteiger partial charge in [0.15, 0.2) is 11.5 Å². The van der Waals surface area contributed by atoms with E-state index in [-0.39, 0.29) is 5.56 Å². The summed E-state index contributed by atoms with van der Waals surface area (Å²) in [6.45, 7) is 0. The highest BCUT2D eigenvalue weighted by atomic mass is 32.1. The molecule has 0 fully saturated rings. The monoisotopic (exact) mass is 466 g/mol. The van der Waals surface area contributed by atoms with Crippen molar-refractivity contribution < 1.29 is 9.47 Å². The topological polar surface area (TPSA) is 64.2 Å². The van der Waals surface area contributed by atoms with Gasteiger partial charge in [-0.2, -0.15) is 0 Å². The Morgan fingerprint density at radius 1 is 0.882 bits per heavy atom. The van der Waals surface area contributed by atoms with E-state index in [1.165, 1.54) is 11.3 Å². The minimum atomic E-state index is -0.147. The molecule has 0 atom stereocenters. The third kappa shape index (κ3) is 4.11. The third-order valence-electron chi connectivity index (χ3n) is 5.60. The molecule has 0 radical (unpaired) electrons. The molecule has 0 unspecified atom stereocenters. The Kier molecular flexibility index (Phi) is 5.97. The van der Waals surface area contributed by atoms with Gasteiger partial charge in [-0.3, -0.25) is 9.78 Å². The smallest absolute Gasteiger partial charge is 0.257 e. The summed E-state index contributed by atoms with van der Waals surface area (Å²) >= 11 is 1.54. The van der Waals surface area contributed by atoms with E-state index < -0.39 is 0 Å². The second kappa shape index (κ2) is 9.37. The van der Waals surface area contributed by atoms with Gasteiger partial charge in [-0.25, -0.2) is 0 Å². The summed E-state index contributed by atoms with van der Waals surface area (Å²) in [7, 11) is 3.19. The van der Waals surface area contributed by atoms with E-state index in [4.69, 9.17) is 9.47 Å². The lowest BCUT2D eigenvalue weighted by Gasteiger charge is -2.15. The van der Waals surface area contributed by atoms with Crippen LogP contribution in [0.2, 0.25) is 0 Å². The van der Waals surface area contributed by atoms with Crippen molar-refractivity contribution in [3.63, 3.8) is 0 Å². The van der Waals surface area contributed by atoms with Gasteiger partial charge in [0.05, 0.1) is 31.0 Å². The van der Waals surface area contributed by atoms with Gasteiger partial charge in [0.25, 0.3) is 5.56 Å². The molecule has 3 heterocycles. The van der Waals surface area contributed by atoms with E-state index in [1.54, 1.807) is 20.4 Å². The van der Waals surface area contributed by atoms with Gasteiger partial charge in [-0.05, 0) is 52.9 Å². The van der Waals surface area contributed by atoms with Crippen LogP contribution in [0.3, 0.4) is 0 Å². The molecule has 0 saturated carbocycles. The highest BCUT2D eigenvalue weighted by Crippen LogP contribution is 2.41. The van der Waals surface area contributed by atoms with Crippen molar-refractivity contribution in [2.75, 3.05) is 14.2 Å². The van der Waals surface area contributed by atoms with Crippen molar-refractivity contribution in [2.24, 2.45) is 0 Å². The van der Waals surface area contributed by atoms with Crippen LogP contribution in [0.1, 0.15) is 11.3 Å². The van der Waals surface area contributed by atoms with Crippen molar-refractivity contribution in [2.45, 2.75) is 0 Å². The lowest BCUT2D eigenvalue weighted by atomic mass is 9.94. The molecule has 5 rings (SSSR count). The van der Waals surface area contributed by atoms with Crippen LogP contribution in [0.25, 0.3) is 44.6 Å². The standard InChI is InChI=1S/C28H22N2O3S/c1-32-23-16-21-22(17-24(23)33-2)30-28(31)27(25-10-6-14-34-25)26(21)19-8-5-7-18(15-19)11-12-20-9-3-4-13-29-20/h3-17H,1-2H3,(H,30,31). The predicted molar refractivity (Wildman–Crippen MR) is 140 cm³/mol. The van der Waals surface area contributed by atoms with Gasteiger partial charge in [-0.1, -0.05) is 36.4 Å². The van der Waals surface area contributed by atoms with E-state index >= 15 is 0 Å². The number of rotatable bonds is 6. The van der Waals surface area contributed by atoms with Crippen molar-refractivity contribution in [1.29, 1.82) is 0 Å². The molecular formula is C28H22N2O3S. The highest BCUT2D eigenvalue weighted by molar-refractivity contribution is 7.13. The van der Waals surface area contributed by atoms with E-state index in [1.807, 2.05) is 78.2 Å². The normalized spacial score (nSPS) is 11.2. The Bertz CT molecular complexity index is 1540. The first-order valence-corrected chi connectivity index (χ1v) is 11.6. The van der Waals surface area contributed by atoms with Crippen LogP contribution in [-0.2, 0) is 0 Å². The van der Waals surface area contributed by atoms with Crippen molar-refractivity contribution in [1.82, 2.24) is 9.97 Å². The number of hydrogen-bond donors (Lipinski definition) is 1. The zero-order valence-electron chi connectivity index (χ0n) is 18.7. The highest BCUT2D eigenvalue weighted by Gasteiger charge is 2.19. The van der Waals surface area contributed by atoms with Gasteiger partial charge in [0.1, 0.15) is 0 Å². The van der Waals surface area contributed by atoms with Crippen LogP contribution in [0.5, 0.6) is 11.5 Å². The fraction of sp³-hybridized carbons (Fsp3) is 0.0714. The van der Waals surface area contributed by atoms with E-state index in [0.717, 1.165) is 32.6 Å². The van der Waals surface area contributed by atoms with Crippen LogP contribution in [0.4, 0.5) is 0 Å². The van der Waals surface area contributed by atoms with E-state index in [2.05, 4.69) is 16.0 Å². The quantitative estimate of drug-likeness (QED) is 0.310. The van der Waals surface area contributed by atoms with Crippen LogP contribution in [-0.4, -0.2) is 24.2 Å². The Morgan fingerprint density at radius 3 is 2.47 bits per heavy atom. The molecule has 34 heavy (non-hydrogen) atoms. The number of nitrogens with one attached hydrogen (secondary N) is 1. The maximum atomic E-state index is 13.3. The molecule has 168 valence electrons. The number of ether oxygens (including phenoxy) is 2. The zero-order valence-corrected chi connectivity index (χ0v) is 19.6. The first-order chi connectivity index (χ1) is 16.7. The van der Waals surface area contributed by atoms with Gasteiger partial charge in [0, 0.05) is 28.1 Å². The summed E-state index contributed by atoms with van der Waals surface area (Å²) in [6.07, 6.45) is 5.77. The maximum absolute atomic E-state index is 13.3. The van der Waals surface area contributed by atoms with Crippen molar-refractivity contribution in [3.05, 3.63) is 99.9 Å². The largest absolute Gasteiger partial charge is 0.493 e. The van der Waals surface area contributed by atoms with Gasteiger partial charge < -0.3 is 14.5 Å². The first-order valence-electron chi connectivity index (χ1n) is 10.7. The SMILES string of the molecule is COc1cc2[nH]c(=O)c(-c3cccs3)c(-c3cccc(C=Cc4ccccn4)c3)c2cc1OC. The number of fused-ring (bicyclic) bond motifs is 1. The molecule has 0 saturated heterocycles. The minimum absolute atomic E-state index is 0.147. The average Bonchev–Trinajstić information content (AvgIpc) is 3.41. The summed E-state index contributed by atoms with van der Waals surface area (Å²) in [4.78, 5) is 21.6. The zero-order chi connectivity index (χ0) is 23.5. The number of methoxy groups -OCH3 is 2. The van der Waals surface area contributed by atoms with Crippen molar-refractivity contribution >= 4 is 34.4 Å². The minimum Gasteiger partial charge on any atom is -0.493 e. The molecule has 0 aliphatic rings. The van der Waals surface area contributed by atoms with Crippen LogP contribution in [0.15, 0.2) is 83.1 Å². The molecule has 0 aliphatic carbocycles. The molecule has 1 N–H and O–H groups in total. The second-order valence-corrected chi connectivity index (χ2v) is 8.60. The molecular weight excluding hydrogens is 444 g/mol. The predicted octanol–water partition coefficient (Wildman–Crippen LogP) is 6.51. The number of H-pyrrole nitrogens is 1. The lowest BCUT2D eigenvalue weighted by molar-refractivity contribution is 0.356. The van der Waals surface area contributed by atoms with E-state index in [9.17, 15) is 4.79 Å². The summed E-state index contributed by atoms with van der Waals surface area (Å²) < 4.78 is 11.0. The summed E-state index contributed by atoms with van der Waals surface area (Å²) in [6, 6.07) is 21.6. The van der Waals surface area contributed by atoms with Gasteiger partial charge in [-0.15, -0.1) is 11.3 Å². The third-order valence-corrected chi connectivity index (χ3v) is 6.48. The number of pyridine rings is 2. The molecule has 0 bridgehead atoms. The second-order valence-electron chi connectivity index (χ2n) is 7.65. The van der Waals surface area contributed by atoms with Crippen molar-refractivity contribution in [3.8, 4) is 33.1 Å². The molecule has 0 spiro atoms. The number of hydrogen-bond acceptors (Lipinski definition) is 5. The lowest BCUT2D eigenvalue weighted by Crippen LogP contribution is -2.11. The summed E-state index contributed by atoms with van der Waals surface area (Å²) in [5.74, 6) is 1.17. The number of nitrogens with zero attached hydrogens (tertiary/aromatic N) is 1. The Balaban J connectivity index is 1.75. The summed E-state index contributed by atoms with van der Waals surface area (Å²) in [5, 5.41) is 2.86. The Hall–Kier alpha value is -4.16.